The maximum Gasteiger partial charge on any atom is 0.298 e. The minimum atomic E-state index is 0.561. The third kappa shape index (κ3) is 7.58. The third-order valence-corrected chi connectivity index (χ3v) is 6.33. The number of benzene rings is 2. The summed E-state index contributed by atoms with van der Waals surface area (Å²) in [5.41, 5.74) is 26.0. The van der Waals surface area contributed by atoms with Crippen molar-refractivity contribution in [1.82, 2.24) is 19.8 Å². The van der Waals surface area contributed by atoms with E-state index in [0.29, 0.717) is 47.5 Å². The van der Waals surface area contributed by atoms with E-state index in [1.165, 1.54) is 0 Å². The fourth-order valence-corrected chi connectivity index (χ4v) is 4.30. The van der Waals surface area contributed by atoms with E-state index in [9.17, 15) is 0 Å². The Morgan fingerprint density at radius 2 is 1.05 bits per heavy atom. The molecular weight excluding hydrogens is 480 g/mol. The molecule has 0 bridgehead atoms. The Hall–Kier alpha value is -4.34. The Balaban J connectivity index is 1.09. The first-order valence-electron chi connectivity index (χ1n) is 13.0. The van der Waals surface area contributed by atoms with Gasteiger partial charge in [-0.3, -0.25) is 0 Å². The summed E-state index contributed by atoms with van der Waals surface area (Å²) in [5, 5.41) is 0. The summed E-state index contributed by atoms with van der Waals surface area (Å²) in [6, 6.07) is 10.6. The van der Waals surface area contributed by atoms with Crippen LogP contribution in [0.5, 0.6) is 11.5 Å². The van der Waals surface area contributed by atoms with Gasteiger partial charge in [0.25, 0.3) is 11.7 Å². The molecule has 2 aromatic rings. The molecule has 2 aliphatic heterocycles. The average Bonchev–Trinajstić information content (AvgIpc) is 3.55. The van der Waals surface area contributed by atoms with Gasteiger partial charge in [-0.1, -0.05) is 9.98 Å². The number of hydrogen-bond acceptors (Lipinski definition) is 10. The van der Waals surface area contributed by atoms with E-state index in [2.05, 4.69) is 19.8 Å². The molecule has 2 heterocycles. The molecular formula is C28H38N8O2+2. The molecule has 2 aliphatic rings. The molecule has 200 valence electrons. The number of hydrogen-bond donors (Lipinski definition) is 4. The maximum atomic E-state index is 5.95. The summed E-state index contributed by atoms with van der Waals surface area (Å²) in [6.45, 7) is 2.80. The number of anilines is 4. The number of nitrogen functional groups attached to an aromatic ring is 4. The molecule has 38 heavy (non-hydrogen) atoms. The first kappa shape index (κ1) is 26.7. The van der Waals surface area contributed by atoms with Gasteiger partial charge in [0, 0.05) is 36.3 Å². The highest BCUT2D eigenvalue weighted by molar-refractivity contribution is 5.85. The van der Waals surface area contributed by atoms with E-state index in [4.69, 9.17) is 32.4 Å². The van der Waals surface area contributed by atoms with Crippen molar-refractivity contribution in [1.29, 1.82) is 0 Å². The Labute approximate surface area is 224 Å². The van der Waals surface area contributed by atoms with Crippen molar-refractivity contribution >= 4 is 34.4 Å². The van der Waals surface area contributed by atoms with E-state index in [1.54, 1.807) is 36.4 Å². The molecule has 2 aromatic carbocycles. The summed E-state index contributed by atoms with van der Waals surface area (Å²) in [4.78, 5) is 13.5. The Morgan fingerprint density at radius 3 is 1.50 bits per heavy atom. The second-order valence-electron chi connectivity index (χ2n) is 9.28. The molecule has 4 rings (SSSR count). The van der Waals surface area contributed by atoms with Crippen molar-refractivity contribution in [2.75, 3.05) is 49.2 Å². The van der Waals surface area contributed by atoms with Crippen LogP contribution in [0.2, 0.25) is 0 Å². The van der Waals surface area contributed by atoms with E-state index in [0.717, 1.165) is 63.3 Å². The minimum absolute atomic E-state index is 0.561. The number of aliphatic imine (C=N–C) groups is 2. The van der Waals surface area contributed by atoms with Crippen molar-refractivity contribution in [2.24, 2.45) is 0 Å². The maximum absolute atomic E-state index is 5.95. The molecule has 10 nitrogen and oxygen atoms in total. The van der Waals surface area contributed by atoms with Gasteiger partial charge in [0.05, 0.1) is 50.5 Å². The highest BCUT2D eigenvalue weighted by atomic mass is 16.5. The number of rotatable bonds is 15. The molecule has 0 aromatic heterocycles. The lowest BCUT2D eigenvalue weighted by atomic mass is 10.1. The topological polar surface area (TPSA) is 157 Å². The van der Waals surface area contributed by atoms with Crippen molar-refractivity contribution in [3.05, 3.63) is 61.2 Å². The van der Waals surface area contributed by atoms with Crippen LogP contribution in [-0.2, 0) is 0 Å². The second kappa shape index (κ2) is 13.3. The molecule has 10 heteroatoms. The predicted octanol–water partition coefficient (Wildman–Crippen LogP) is 2.86. The van der Waals surface area contributed by atoms with E-state index < -0.39 is 0 Å². The van der Waals surface area contributed by atoms with Crippen molar-refractivity contribution in [2.45, 2.75) is 38.5 Å². The highest BCUT2D eigenvalue weighted by Gasteiger charge is 2.25. The van der Waals surface area contributed by atoms with Crippen LogP contribution in [0.4, 0.5) is 22.7 Å². The van der Waals surface area contributed by atoms with Crippen molar-refractivity contribution in [3.63, 3.8) is 0 Å². The SMILES string of the molecule is Nc1ccc(N)c(OCCCN2C=C[N+]=C2CCCCC2=[N+]C=CN2CCCOc2cc(N)ccc2N)c1. The number of unbranched alkanes of at least 4 members (excludes halogenated alkanes) is 1. The van der Waals surface area contributed by atoms with Gasteiger partial charge < -0.3 is 32.4 Å². The fraction of sp³-hybridized carbons (Fsp3) is 0.357. The van der Waals surface area contributed by atoms with Crippen LogP contribution in [0.15, 0.2) is 61.2 Å². The van der Waals surface area contributed by atoms with Crippen LogP contribution in [0, 0.1) is 0 Å². The van der Waals surface area contributed by atoms with Gasteiger partial charge in [-0.15, -0.1) is 0 Å². The van der Waals surface area contributed by atoms with Gasteiger partial charge >= 0.3 is 0 Å². The summed E-state index contributed by atoms with van der Waals surface area (Å²) in [6.07, 6.45) is 13.4. The van der Waals surface area contributed by atoms with Crippen LogP contribution in [0.1, 0.15) is 38.5 Å². The van der Waals surface area contributed by atoms with Crippen LogP contribution in [-0.4, -0.2) is 47.8 Å². The molecule has 0 saturated heterocycles. The standard InChI is InChI=1S/C28H38N8O2/c29-21-7-9-23(31)25(19-21)37-17-3-13-35-15-11-33-27(35)5-1-2-6-28-34-12-16-36(28)14-4-18-38-26-20-22(30)8-10-24(26)32/h7-12,15-16,19-20H,1-6,13-14,17-18,29-32H2/q+2. The zero-order valence-corrected chi connectivity index (χ0v) is 21.8. The van der Waals surface area contributed by atoms with Gasteiger partial charge in [0.1, 0.15) is 23.9 Å². The molecule has 8 N–H and O–H groups in total. The van der Waals surface area contributed by atoms with Gasteiger partial charge in [-0.05, 0) is 37.1 Å². The normalized spacial score (nSPS) is 14.2. The van der Waals surface area contributed by atoms with E-state index >= 15 is 0 Å². The Kier molecular flexibility index (Phi) is 9.33. The number of nitrogens with two attached hydrogens (primary N) is 4. The zero-order chi connectivity index (χ0) is 26.7. The molecule has 0 amide bonds. The monoisotopic (exact) mass is 518 g/mol. The number of amidine groups is 2. The van der Waals surface area contributed by atoms with Gasteiger partial charge in [-0.2, -0.15) is 0 Å². The van der Waals surface area contributed by atoms with E-state index in [-0.39, 0.29) is 0 Å². The smallest absolute Gasteiger partial charge is 0.298 e. The zero-order valence-electron chi connectivity index (χ0n) is 21.8. The quantitative estimate of drug-likeness (QED) is 0.207. The Bertz CT molecular complexity index is 1110. The molecule has 0 atom stereocenters. The van der Waals surface area contributed by atoms with Crippen molar-refractivity contribution in [3.8, 4) is 11.5 Å². The predicted molar refractivity (Wildman–Crippen MR) is 155 cm³/mol. The lowest BCUT2D eigenvalue weighted by molar-refractivity contribution is 0.300. The average molecular weight is 519 g/mol. The lowest BCUT2D eigenvalue weighted by Crippen LogP contribution is -2.28. The second-order valence-corrected chi connectivity index (χ2v) is 9.28. The van der Waals surface area contributed by atoms with Crippen molar-refractivity contribution < 1.29 is 9.47 Å². The first-order valence-corrected chi connectivity index (χ1v) is 13.0. The number of nitrogens with zero attached hydrogens (tertiary/aromatic N) is 4. The first-order chi connectivity index (χ1) is 18.5. The number of ether oxygens (including phenoxy) is 2. The third-order valence-electron chi connectivity index (χ3n) is 6.33. The molecule has 0 saturated carbocycles. The highest BCUT2D eigenvalue weighted by Crippen LogP contribution is 2.25. The largest absolute Gasteiger partial charge is 0.491 e. The molecule has 0 unspecified atom stereocenters. The van der Waals surface area contributed by atoms with Crippen LogP contribution in [0.3, 0.4) is 0 Å². The Morgan fingerprint density at radius 1 is 0.605 bits per heavy atom. The van der Waals surface area contributed by atoms with Gasteiger partial charge in [0.2, 0.25) is 0 Å². The molecule has 0 fully saturated rings. The summed E-state index contributed by atoms with van der Waals surface area (Å²) < 4.78 is 11.6. The van der Waals surface area contributed by atoms with E-state index in [1.807, 2.05) is 24.8 Å². The summed E-state index contributed by atoms with van der Waals surface area (Å²) >= 11 is 0. The molecule has 0 spiro atoms. The van der Waals surface area contributed by atoms with Gasteiger partial charge in [0.15, 0.2) is 12.4 Å². The van der Waals surface area contributed by atoms with Crippen LogP contribution < -0.4 is 42.4 Å². The lowest BCUT2D eigenvalue weighted by Gasteiger charge is -2.13. The summed E-state index contributed by atoms with van der Waals surface area (Å²) in [5.74, 6) is 3.45. The van der Waals surface area contributed by atoms with Crippen LogP contribution in [0.25, 0.3) is 0 Å². The minimum Gasteiger partial charge on any atom is -0.491 e. The fourth-order valence-electron chi connectivity index (χ4n) is 4.30. The summed E-state index contributed by atoms with van der Waals surface area (Å²) in [7, 11) is 0. The molecule has 2 radical (unpaired) electrons. The van der Waals surface area contributed by atoms with Crippen LogP contribution >= 0.6 is 0 Å². The van der Waals surface area contributed by atoms with Gasteiger partial charge in [-0.25, -0.2) is 9.80 Å². The molecule has 0 aliphatic carbocycles.